The molecule has 0 N–H and O–H groups in total. The summed E-state index contributed by atoms with van der Waals surface area (Å²) in [7, 11) is 3.43. The Morgan fingerprint density at radius 2 is 1.73 bits per heavy atom. The van der Waals surface area contributed by atoms with E-state index in [1.165, 1.54) is 11.1 Å². The minimum Gasteiger partial charge on any atom is -0.497 e. The molecule has 4 rings (SSSR count). The average molecular weight is 465 g/mol. The van der Waals surface area contributed by atoms with E-state index < -0.39 is 0 Å². The molecule has 4 nitrogen and oxygen atoms in total. The van der Waals surface area contributed by atoms with E-state index in [-0.39, 0.29) is 6.04 Å². The third kappa shape index (κ3) is 4.27. The minimum atomic E-state index is 0.0742. The molecule has 154 valence electrons. The van der Waals surface area contributed by atoms with Gasteiger partial charge in [-0.15, -0.1) is 0 Å². The van der Waals surface area contributed by atoms with Crippen molar-refractivity contribution >= 4 is 27.5 Å². The van der Waals surface area contributed by atoms with E-state index in [0.717, 1.165) is 40.3 Å². The zero-order chi connectivity index (χ0) is 20.9. The van der Waals surface area contributed by atoms with E-state index >= 15 is 0 Å². The molecule has 1 unspecified atom stereocenters. The zero-order valence-corrected chi connectivity index (χ0v) is 18.8. The molecule has 1 atom stereocenters. The van der Waals surface area contributed by atoms with Crippen molar-refractivity contribution in [3.63, 3.8) is 0 Å². The SMILES string of the molecule is COCCCN1C(c2ccc(OC)cc2)=Nc2ccc(Br)cc2C1c1ccccc1. The van der Waals surface area contributed by atoms with Crippen LogP contribution < -0.4 is 4.74 Å². The highest BCUT2D eigenvalue weighted by Crippen LogP contribution is 2.41. The standard InChI is InChI=1S/C25H25BrN2O2/c1-29-16-6-15-28-24(18-7-4-3-5-8-18)22-17-20(26)11-14-23(22)27-25(28)19-9-12-21(30-2)13-10-19/h3-5,7-14,17,24H,6,15-16H2,1-2H3. The Labute approximate surface area is 186 Å². The number of aliphatic imine (C=N–C) groups is 1. The second-order valence-corrected chi connectivity index (χ2v) is 8.14. The van der Waals surface area contributed by atoms with Crippen molar-refractivity contribution in [2.24, 2.45) is 4.99 Å². The second-order valence-electron chi connectivity index (χ2n) is 7.22. The van der Waals surface area contributed by atoms with Gasteiger partial charge in [-0.25, -0.2) is 4.99 Å². The molecule has 0 saturated carbocycles. The number of methoxy groups -OCH3 is 2. The van der Waals surface area contributed by atoms with Crippen LogP contribution in [0.4, 0.5) is 5.69 Å². The van der Waals surface area contributed by atoms with Crippen LogP contribution in [0.5, 0.6) is 5.75 Å². The van der Waals surface area contributed by atoms with E-state index in [4.69, 9.17) is 14.5 Å². The molecule has 30 heavy (non-hydrogen) atoms. The summed E-state index contributed by atoms with van der Waals surface area (Å²) in [4.78, 5) is 7.48. The fourth-order valence-electron chi connectivity index (χ4n) is 3.89. The van der Waals surface area contributed by atoms with Crippen molar-refractivity contribution in [2.45, 2.75) is 12.5 Å². The van der Waals surface area contributed by atoms with Crippen LogP contribution in [0.3, 0.4) is 0 Å². The van der Waals surface area contributed by atoms with Gasteiger partial charge in [-0.05, 0) is 54.4 Å². The number of hydrogen-bond donors (Lipinski definition) is 0. The summed E-state index contributed by atoms with van der Waals surface area (Å²) >= 11 is 3.65. The maximum Gasteiger partial charge on any atom is 0.137 e. The van der Waals surface area contributed by atoms with Crippen LogP contribution in [0.2, 0.25) is 0 Å². The number of hydrogen-bond acceptors (Lipinski definition) is 4. The van der Waals surface area contributed by atoms with Gasteiger partial charge >= 0.3 is 0 Å². The van der Waals surface area contributed by atoms with Gasteiger partial charge in [-0.3, -0.25) is 0 Å². The number of ether oxygens (including phenoxy) is 2. The van der Waals surface area contributed by atoms with Crippen molar-refractivity contribution in [1.29, 1.82) is 0 Å². The number of nitrogens with zero attached hydrogens (tertiary/aromatic N) is 2. The van der Waals surface area contributed by atoms with Crippen molar-refractivity contribution < 1.29 is 9.47 Å². The highest BCUT2D eigenvalue weighted by molar-refractivity contribution is 9.10. The van der Waals surface area contributed by atoms with E-state index in [1.807, 2.05) is 12.1 Å². The smallest absolute Gasteiger partial charge is 0.137 e. The van der Waals surface area contributed by atoms with Crippen molar-refractivity contribution in [2.75, 3.05) is 27.4 Å². The first-order chi connectivity index (χ1) is 14.7. The summed E-state index contributed by atoms with van der Waals surface area (Å²) in [6.45, 7) is 1.55. The lowest BCUT2D eigenvalue weighted by Crippen LogP contribution is -2.39. The first-order valence-corrected chi connectivity index (χ1v) is 10.8. The summed E-state index contributed by atoms with van der Waals surface area (Å²) in [5.74, 6) is 1.81. The van der Waals surface area contributed by atoms with Crippen molar-refractivity contribution in [3.05, 3.63) is 94.0 Å². The predicted molar refractivity (Wildman–Crippen MR) is 125 cm³/mol. The molecule has 3 aromatic rings. The molecule has 0 aromatic heterocycles. The van der Waals surface area contributed by atoms with Gasteiger partial charge in [-0.2, -0.15) is 0 Å². The second kappa shape index (κ2) is 9.45. The Morgan fingerprint density at radius 3 is 2.43 bits per heavy atom. The first-order valence-electron chi connectivity index (χ1n) is 10.0. The normalized spacial score (nSPS) is 15.5. The Morgan fingerprint density at radius 1 is 0.967 bits per heavy atom. The van der Waals surface area contributed by atoms with Gasteiger partial charge in [0.15, 0.2) is 0 Å². The van der Waals surface area contributed by atoms with E-state index in [1.54, 1.807) is 14.2 Å². The molecule has 0 aliphatic carbocycles. The average Bonchev–Trinajstić information content (AvgIpc) is 2.79. The van der Waals surface area contributed by atoms with Crippen LogP contribution in [0, 0.1) is 0 Å². The largest absolute Gasteiger partial charge is 0.497 e. The number of benzene rings is 3. The van der Waals surface area contributed by atoms with Crippen LogP contribution in [0.25, 0.3) is 0 Å². The topological polar surface area (TPSA) is 34.1 Å². The molecule has 0 saturated heterocycles. The van der Waals surface area contributed by atoms with Crippen LogP contribution in [-0.2, 0) is 4.74 Å². The number of fused-ring (bicyclic) bond motifs is 1. The van der Waals surface area contributed by atoms with E-state index in [2.05, 4.69) is 81.5 Å². The highest BCUT2D eigenvalue weighted by Gasteiger charge is 2.31. The van der Waals surface area contributed by atoms with Gasteiger partial charge < -0.3 is 14.4 Å². The van der Waals surface area contributed by atoms with Crippen LogP contribution in [0.1, 0.15) is 29.2 Å². The maximum absolute atomic E-state index is 5.35. The van der Waals surface area contributed by atoms with Crippen LogP contribution in [-0.4, -0.2) is 38.1 Å². The lowest BCUT2D eigenvalue weighted by atomic mass is 9.92. The van der Waals surface area contributed by atoms with Crippen molar-refractivity contribution in [1.82, 2.24) is 4.90 Å². The Kier molecular flexibility index (Phi) is 6.50. The Hall–Kier alpha value is -2.63. The molecule has 1 heterocycles. The quantitative estimate of drug-likeness (QED) is 0.403. The molecule has 0 radical (unpaired) electrons. The van der Waals surface area contributed by atoms with Gasteiger partial charge in [0.25, 0.3) is 0 Å². The monoisotopic (exact) mass is 464 g/mol. The van der Waals surface area contributed by atoms with E-state index in [0.29, 0.717) is 6.61 Å². The third-order valence-corrected chi connectivity index (χ3v) is 5.80. The van der Waals surface area contributed by atoms with Gasteiger partial charge in [0, 0.05) is 35.9 Å². The maximum atomic E-state index is 5.35. The molecule has 0 amide bonds. The lowest BCUT2D eigenvalue weighted by molar-refractivity contribution is 0.182. The van der Waals surface area contributed by atoms with Crippen LogP contribution >= 0.6 is 15.9 Å². The predicted octanol–water partition coefficient (Wildman–Crippen LogP) is 5.98. The Balaban J connectivity index is 1.86. The highest BCUT2D eigenvalue weighted by atomic mass is 79.9. The summed E-state index contributed by atoms with van der Waals surface area (Å²) < 4.78 is 11.7. The van der Waals surface area contributed by atoms with Gasteiger partial charge in [0.05, 0.1) is 18.8 Å². The molecule has 0 spiro atoms. The van der Waals surface area contributed by atoms with Crippen LogP contribution in [0.15, 0.2) is 82.3 Å². The molecular weight excluding hydrogens is 440 g/mol. The summed E-state index contributed by atoms with van der Waals surface area (Å²) in [6, 6.07) is 25.2. The van der Waals surface area contributed by atoms with Gasteiger partial charge in [0.2, 0.25) is 0 Å². The summed E-state index contributed by atoms with van der Waals surface area (Å²) in [6.07, 6.45) is 0.915. The minimum absolute atomic E-state index is 0.0742. The zero-order valence-electron chi connectivity index (χ0n) is 17.2. The number of amidine groups is 1. The summed E-state index contributed by atoms with van der Waals surface area (Å²) in [5, 5.41) is 0. The van der Waals surface area contributed by atoms with E-state index in [9.17, 15) is 0 Å². The summed E-state index contributed by atoms with van der Waals surface area (Å²) in [5.41, 5.74) is 4.52. The molecular formula is C25H25BrN2O2. The number of rotatable bonds is 7. The first kappa shape index (κ1) is 20.6. The van der Waals surface area contributed by atoms with Crippen molar-refractivity contribution in [3.8, 4) is 5.75 Å². The molecule has 1 aliphatic heterocycles. The molecule has 0 bridgehead atoms. The lowest BCUT2D eigenvalue weighted by Gasteiger charge is -2.39. The fraction of sp³-hybridized carbons (Fsp3) is 0.240. The fourth-order valence-corrected chi connectivity index (χ4v) is 4.27. The molecule has 0 fully saturated rings. The molecule has 1 aliphatic rings. The van der Waals surface area contributed by atoms with Gasteiger partial charge in [0.1, 0.15) is 11.6 Å². The van der Waals surface area contributed by atoms with Gasteiger partial charge in [-0.1, -0.05) is 46.3 Å². The Bertz CT molecular complexity index is 1020. The molecule has 3 aromatic carbocycles. The molecule has 5 heteroatoms. The third-order valence-electron chi connectivity index (χ3n) is 5.31. The number of halogens is 1.